The molecule has 1 heterocycles. The number of aryl methyl sites for hydroxylation is 2. The number of benzene rings is 1. The molecule has 1 aromatic heterocycles. The highest BCUT2D eigenvalue weighted by molar-refractivity contribution is 7.14. The molecule has 0 fully saturated rings. The molecule has 0 saturated heterocycles. The zero-order valence-electron chi connectivity index (χ0n) is 13.5. The number of carbonyl (C=O) groups is 1. The van der Waals surface area contributed by atoms with Gasteiger partial charge in [0.15, 0.2) is 0 Å². The molecule has 24 heavy (non-hydrogen) atoms. The topological polar surface area (TPSA) is 53.0 Å². The first-order chi connectivity index (χ1) is 11.1. The third-order valence-electron chi connectivity index (χ3n) is 3.46. The number of amides is 1. The molecule has 0 saturated carbocycles. The number of nitrogens with one attached hydrogen (secondary N) is 2. The van der Waals surface area contributed by atoms with Gasteiger partial charge in [0.05, 0.1) is 27.4 Å². The van der Waals surface area contributed by atoms with E-state index >= 15 is 0 Å². The van der Waals surface area contributed by atoms with Crippen molar-refractivity contribution in [3.8, 4) is 0 Å². The van der Waals surface area contributed by atoms with E-state index in [4.69, 9.17) is 5.41 Å². The van der Waals surface area contributed by atoms with E-state index in [0.717, 1.165) is 10.9 Å². The molecular formula is C17H17F3N2OS. The second-order valence-electron chi connectivity index (χ2n) is 5.43. The SMILES string of the molecule is CCC(=N)c1sc(C)cc1NC(=O)c1cc(C)ccc1C(F)(F)F. The normalized spacial score (nSPS) is 11.4. The van der Waals surface area contributed by atoms with Gasteiger partial charge in [-0.3, -0.25) is 4.79 Å². The van der Waals surface area contributed by atoms with Crippen LogP contribution in [-0.2, 0) is 6.18 Å². The average Bonchev–Trinajstić information content (AvgIpc) is 2.85. The first-order valence-corrected chi connectivity index (χ1v) is 8.12. The van der Waals surface area contributed by atoms with E-state index < -0.39 is 23.2 Å². The molecule has 2 N–H and O–H groups in total. The van der Waals surface area contributed by atoms with Crippen molar-refractivity contribution < 1.29 is 18.0 Å². The second kappa shape index (κ2) is 6.76. The van der Waals surface area contributed by atoms with E-state index in [1.807, 2.05) is 13.8 Å². The number of anilines is 1. The molecule has 3 nitrogen and oxygen atoms in total. The van der Waals surface area contributed by atoms with Gasteiger partial charge in [0.1, 0.15) is 0 Å². The zero-order valence-corrected chi connectivity index (χ0v) is 14.3. The van der Waals surface area contributed by atoms with E-state index in [1.165, 1.54) is 23.5 Å². The van der Waals surface area contributed by atoms with Crippen LogP contribution < -0.4 is 5.32 Å². The fourth-order valence-corrected chi connectivity index (χ4v) is 3.26. The maximum absolute atomic E-state index is 13.1. The van der Waals surface area contributed by atoms with Crippen molar-refractivity contribution in [1.82, 2.24) is 0 Å². The lowest BCUT2D eigenvalue weighted by Gasteiger charge is -2.14. The minimum Gasteiger partial charge on any atom is -0.321 e. The minimum atomic E-state index is -4.61. The Morgan fingerprint density at radius 2 is 1.92 bits per heavy atom. The Morgan fingerprint density at radius 3 is 2.50 bits per heavy atom. The van der Waals surface area contributed by atoms with Crippen molar-refractivity contribution in [1.29, 1.82) is 5.41 Å². The van der Waals surface area contributed by atoms with Crippen molar-refractivity contribution in [2.45, 2.75) is 33.4 Å². The molecule has 0 atom stereocenters. The Balaban J connectivity index is 2.42. The highest BCUT2D eigenvalue weighted by Gasteiger charge is 2.35. The zero-order chi connectivity index (χ0) is 18.1. The van der Waals surface area contributed by atoms with Crippen LogP contribution in [0.2, 0.25) is 0 Å². The molecule has 0 aliphatic rings. The van der Waals surface area contributed by atoms with Crippen molar-refractivity contribution >= 4 is 28.6 Å². The van der Waals surface area contributed by atoms with Gasteiger partial charge in [-0.05, 0) is 38.5 Å². The maximum atomic E-state index is 13.1. The molecular weight excluding hydrogens is 337 g/mol. The van der Waals surface area contributed by atoms with Crippen LogP contribution in [0.15, 0.2) is 24.3 Å². The molecule has 0 bridgehead atoms. The predicted molar refractivity (Wildman–Crippen MR) is 90.3 cm³/mol. The highest BCUT2D eigenvalue weighted by atomic mass is 32.1. The number of hydrogen-bond donors (Lipinski definition) is 2. The largest absolute Gasteiger partial charge is 0.417 e. The highest BCUT2D eigenvalue weighted by Crippen LogP contribution is 2.34. The van der Waals surface area contributed by atoms with Crippen molar-refractivity contribution in [2.24, 2.45) is 0 Å². The first kappa shape index (κ1) is 18.2. The minimum absolute atomic E-state index is 0.337. The fraction of sp³-hybridized carbons (Fsp3) is 0.294. The quantitative estimate of drug-likeness (QED) is 0.708. The van der Waals surface area contributed by atoms with Crippen LogP contribution >= 0.6 is 11.3 Å². The van der Waals surface area contributed by atoms with Gasteiger partial charge in [-0.1, -0.05) is 18.6 Å². The van der Waals surface area contributed by atoms with Crippen molar-refractivity contribution in [3.05, 3.63) is 50.7 Å². The monoisotopic (exact) mass is 354 g/mol. The third kappa shape index (κ3) is 3.84. The summed E-state index contributed by atoms with van der Waals surface area (Å²) < 4.78 is 39.4. The Labute approximate surface area is 142 Å². The van der Waals surface area contributed by atoms with Crippen molar-refractivity contribution in [2.75, 3.05) is 5.32 Å². The van der Waals surface area contributed by atoms with Gasteiger partial charge in [0.2, 0.25) is 0 Å². The Morgan fingerprint density at radius 1 is 1.25 bits per heavy atom. The molecule has 0 aliphatic heterocycles. The number of halogens is 3. The maximum Gasteiger partial charge on any atom is 0.417 e. The van der Waals surface area contributed by atoms with Gasteiger partial charge in [-0.25, -0.2) is 0 Å². The van der Waals surface area contributed by atoms with Crippen LogP contribution in [0.4, 0.5) is 18.9 Å². The van der Waals surface area contributed by atoms with E-state index in [0.29, 0.717) is 28.3 Å². The molecule has 0 spiro atoms. The summed E-state index contributed by atoms with van der Waals surface area (Å²) in [6.07, 6.45) is -4.13. The fourth-order valence-electron chi connectivity index (χ4n) is 2.27. The summed E-state index contributed by atoms with van der Waals surface area (Å²) >= 11 is 1.34. The standard InChI is InChI=1S/C17H17F3N2OS/c1-4-13(21)15-14(8-10(3)24-15)22-16(23)11-7-9(2)5-6-12(11)17(18,19)20/h5-8,21H,4H2,1-3H3,(H,22,23). The van der Waals surface area contributed by atoms with Gasteiger partial charge >= 0.3 is 6.18 Å². The van der Waals surface area contributed by atoms with Crippen molar-refractivity contribution in [3.63, 3.8) is 0 Å². The molecule has 1 aromatic carbocycles. The van der Waals surface area contributed by atoms with Gasteiger partial charge in [-0.15, -0.1) is 11.3 Å². The molecule has 128 valence electrons. The third-order valence-corrected chi connectivity index (χ3v) is 4.57. The van der Waals surface area contributed by atoms with E-state index in [2.05, 4.69) is 5.32 Å². The Bertz CT molecular complexity index is 794. The number of thiophene rings is 1. The van der Waals surface area contributed by atoms with E-state index in [9.17, 15) is 18.0 Å². The van der Waals surface area contributed by atoms with Gasteiger partial charge in [0, 0.05) is 4.88 Å². The summed E-state index contributed by atoms with van der Waals surface area (Å²) in [5, 5.41) is 10.5. The second-order valence-corrected chi connectivity index (χ2v) is 6.69. The van der Waals surface area contributed by atoms with E-state index in [1.54, 1.807) is 13.0 Å². The summed E-state index contributed by atoms with van der Waals surface area (Å²) in [5.41, 5.74) is -0.103. The summed E-state index contributed by atoms with van der Waals surface area (Å²) in [4.78, 5) is 13.9. The molecule has 2 rings (SSSR count). The summed E-state index contributed by atoms with van der Waals surface area (Å²) in [6.45, 7) is 5.26. The Hall–Kier alpha value is -2.15. The summed E-state index contributed by atoms with van der Waals surface area (Å²) in [5.74, 6) is -0.825. The smallest absolute Gasteiger partial charge is 0.321 e. The summed E-state index contributed by atoms with van der Waals surface area (Å²) in [7, 11) is 0. The van der Waals surface area contributed by atoms with E-state index in [-0.39, 0.29) is 0 Å². The first-order valence-electron chi connectivity index (χ1n) is 7.31. The van der Waals surface area contributed by atoms with Crippen LogP contribution in [-0.4, -0.2) is 11.6 Å². The Kier molecular flexibility index (Phi) is 5.13. The van der Waals surface area contributed by atoms with Gasteiger partial charge in [-0.2, -0.15) is 13.2 Å². The van der Waals surface area contributed by atoms with Gasteiger partial charge < -0.3 is 10.7 Å². The van der Waals surface area contributed by atoms with Crippen LogP contribution in [0.3, 0.4) is 0 Å². The van der Waals surface area contributed by atoms with Crippen LogP contribution in [0.5, 0.6) is 0 Å². The average molecular weight is 354 g/mol. The molecule has 2 aromatic rings. The lowest BCUT2D eigenvalue weighted by Crippen LogP contribution is -2.19. The number of carbonyl (C=O) groups excluding carboxylic acids is 1. The number of rotatable bonds is 4. The van der Waals surface area contributed by atoms with Crippen LogP contribution in [0.1, 0.15) is 44.6 Å². The molecule has 0 aliphatic carbocycles. The lowest BCUT2D eigenvalue weighted by molar-refractivity contribution is -0.137. The number of hydrogen-bond acceptors (Lipinski definition) is 3. The predicted octanol–water partition coefficient (Wildman–Crippen LogP) is 5.41. The number of alkyl halides is 3. The summed E-state index contributed by atoms with van der Waals surface area (Å²) in [6, 6.07) is 5.14. The molecule has 0 radical (unpaired) electrons. The molecule has 7 heteroatoms. The van der Waals surface area contributed by atoms with Crippen LogP contribution in [0, 0.1) is 19.3 Å². The molecule has 1 amide bonds. The lowest BCUT2D eigenvalue weighted by atomic mass is 10.0. The van der Waals surface area contributed by atoms with Crippen LogP contribution in [0.25, 0.3) is 0 Å². The van der Waals surface area contributed by atoms with Gasteiger partial charge in [0.25, 0.3) is 5.91 Å². The molecule has 0 unspecified atom stereocenters.